The van der Waals surface area contributed by atoms with Crippen molar-refractivity contribution in [2.75, 3.05) is 19.6 Å². The SMILES string of the molecule is CCN(CC)S(=O)(=O)NCC(C)(O)C(C)C. The van der Waals surface area contributed by atoms with E-state index in [2.05, 4.69) is 4.72 Å². The molecule has 0 aliphatic rings. The van der Waals surface area contributed by atoms with Crippen molar-refractivity contribution >= 4 is 10.2 Å². The molecule has 1 unspecified atom stereocenters. The van der Waals surface area contributed by atoms with Crippen molar-refractivity contribution in [2.45, 2.75) is 40.2 Å². The molecule has 0 aromatic rings. The van der Waals surface area contributed by atoms with Crippen LogP contribution >= 0.6 is 0 Å². The highest BCUT2D eigenvalue weighted by atomic mass is 32.2. The summed E-state index contributed by atoms with van der Waals surface area (Å²) in [6.45, 7) is 9.78. The average molecular weight is 252 g/mol. The predicted molar refractivity (Wildman–Crippen MR) is 65.3 cm³/mol. The van der Waals surface area contributed by atoms with Gasteiger partial charge in [0.1, 0.15) is 0 Å². The Kier molecular flexibility index (Phi) is 5.89. The Labute approximate surface area is 99.0 Å². The lowest BCUT2D eigenvalue weighted by Crippen LogP contribution is -2.48. The van der Waals surface area contributed by atoms with Crippen LogP contribution in [0.3, 0.4) is 0 Å². The number of aliphatic hydroxyl groups is 1. The Hall–Kier alpha value is -0.170. The topological polar surface area (TPSA) is 69.6 Å². The molecule has 5 nitrogen and oxygen atoms in total. The molecule has 0 fully saturated rings. The van der Waals surface area contributed by atoms with Crippen LogP contribution < -0.4 is 4.72 Å². The van der Waals surface area contributed by atoms with Gasteiger partial charge in [-0.15, -0.1) is 0 Å². The van der Waals surface area contributed by atoms with Gasteiger partial charge in [-0.05, 0) is 12.8 Å². The van der Waals surface area contributed by atoms with Crippen LogP contribution in [0.1, 0.15) is 34.6 Å². The zero-order chi connectivity index (χ0) is 13.0. The molecule has 0 aliphatic carbocycles. The fourth-order valence-electron chi connectivity index (χ4n) is 1.10. The number of nitrogens with zero attached hydrogens (tertiary/aromatic N) is 1. The predicted octanol–water partition coefficient (Wildman–Crippen LogP) is 0.570. The van der Waals surface area contributed by atoms with E-state index in [0.717, 1.165) is 0 Å². The van der Waals surface area contributed by atoms with Crippen LogP contribution in [0, 0.1) is 5.92 Å². The van der Waals surface area contributed by atoms with Gasteiger partial charge in [-0.25, -0.2) is 0 Å². The molecule has 6 heteroatoms. The third-order valence-electron chi connectivity index (χ3n) is 2.90. The number of hydrogen-bond acceptors (Lipinski definition) is 3. The summed E-state index contributed by atoms with van der Waals surface area (Å²) in [7, 11) is -3.47. The monoisotopic (exact) mass is 252 g/mol. The Bertz CT molecular complexity index is 295. The molecule has 2 N–H and O–H groups in total. The fourth-order valence-corrected chi connectivity index (χ4v) is 2.43. The van der Waals surface area contributed by atoms with Gasteiger partial charge in [0, 0.05) is 19.6 Å². The molecule has 0 rings (SSSR count). The van der Waals surface area contributed by atoms with Crippen molar-refractivity contribution in [1.82, 2.24) is 9.03 Å². The summed E-state index contributed by atoms with van der Waals surface area (Å²) in [4.78, 5) is 0. The molecule has 1 atom stereocenters. The summed E-state index contributed by atoms with van der Waals surface area (Å²) < 4.78 is 27.3. The standard InChI is InChI=1S/C10H24N2O3S/c1-6-12(7-2)16(14,15)11-8-10(5,13)9(3)4/h9,11,13H,6-8H2,1-5H3. The summed E-state index contributed by atoms with van der Waals surface area (Å²) in [6.07, 6.45) is 0. The van der Waals surface area contributed by atoms with Gasteiger partial charge in [0.05, 0.1) is 5.60 Å². The zero-order valence-corrected chi connectivity index (χ0v) is 11.6. The highest BCUT2D eigenvalue weighted by Crippen LogP contribution is 2.15. The van der Waals surface area contributed by atoms with Gasteiger partial charge in [0.2, 0.25) is 0 Å². The van der Waals surface area contributed by atoms with Gasteiger partial charge in [0.15, 0.2) is 0 Å². The second kappa shape index (κ2) is 5.95. The second-order valence-corrected chi connectivity index (χ2v) is 6.18. The maximum Gasteiger partial charge on any atom is 0.279 e. The molecule has 0 heterocycles. The van der Waals surface area contributed by atoms with E-state index in [-0.39, 0.29) is 12.5 Å². The lowest BCUT2D eigenvalue weighted by molar-refractivity contribution is 0.0187. The number of rotatable bonds is 7. The fraction of sp³-hybridized carbons (Fsp3) is 1.00. The second-order valence-electron chi connectivity index (χ2n) is 4.42. The minimum Gasteiger partial charge on any atom is -0.389 e. The first-order valence-corrected chi connectivity index (χ1v) is 7.08. The van der Waals surface area contributed by atoms with Gasteiger partial charge >= 0.3 is 0 Å². The molecule has 0 radical (unpaired) electrons. The lowest BCUT2D eigenvalue weighted by Gasteiger charge is -2.29. The van der Waals surface area contributed by atoms with Crippen molar-refractivity contribution in [1.29, 1.82) is 0 Å². The van der Waals surface area contributed by atoms with Gasteiger partial charge in [-0.3, -0.25) is 0 Å². The maximum atomic E-state index is 11.8. The Balaban J connectivity index is 4.51. The first-order chi connectivity index (χ1) is 7.17. The van der Waals surface area contributed by atoms with Crippen LogP contribution in [0.5, 0.6) is 0 Å². The summed E-state index contributed by atoms with van der Waals surface area (Å²) in [5.41, 5.74) is -1.03. The molecule has 0 saturated heterocycles. The minimum atomic E-state index is -3.47. The van der Waals surface area contributed by atoms with Crippen molar-refractivity contribution in [3.8, 4) is 0 Å². The molecule has 0 aromatic heterocycles. The molecular formula is C10H24N2O3S. The van der Waals surface area contributed by atoms with Crippen molar-refractivity contribution in [3.05, 3.63) is 0 Å². The first-order valence-electron chi connectivity index (χ1n) is 5.64. The summed E-state index contributed by atoms with van der Waals surface area (Å²) >= 11 is 0. The van der Waals surface area contributed by atoms with E-state index in [4.69, 9.17) is 0 Å². The largest absolute Gasteiger partial charge is 0.389 e. The zero-order valence-electron chi connectivity index (χ0n) is 10.8. The van der Waals surface area contributed by atoms with Crippen molar-refractivity contribution in [3.63, 3.8) is 0 Å². The Morgan fingerprint density at radius 3 is 2.06 bits per heavy atom. The quantitative estimate of drug-likeness (QED) is 0.696. The highest BCUT2D eigenvalue weighted by molar-refractivity contribution is 7.87. The molecule has 16 heavy (non-hydrogen) atoms. The van der Waals surface area contributed by atoms with Crippen LogP contribution in [0.15, 0.2) is 0 Å². The van der Waals surface area contributed by atoms with Crippen LogP contribution in [-0.2, 0) is 10.2 Å². The van der Waals surface area contributed by atoms with Gasteiger partial charge < -0.3 is 5.11 Å². The molecule has 0 spiro atoms. The molecule has 0 aliphatic heterocycles. The van der Waals surface area contributed by atoms with E-state index in [9.17, 15) is 13.5 Å². The van der Waals surface area contributed by atoms with E-state index in [1.165, 1.54) is 4.31 Å². The first kappa shape index (κ1) is 15.8. The van der Waals surface area contributed by atoms with Crippen LogP contribution in [0.2, 0.25) is 0 Å². The van der Waals surface area contributed by atoms with Crippen molar-refractivity contribution in [2.24, 2.45) is 5.92 Å². The molecule has 0 aromatic carbocycles. The van der Waals surface area contributed by atoms with E-state index in [1.54, 1.807) is 20.8 Å². The molecule has 0 amide bonds. The van der Waals surface area contributed by atoms with Gasteiger partial charge in [0.25, 0.3) is 10.2 Å². The highest BCUT2D eigenvalue weighted by Gasteiger charge is 2.28. The number of hydrogen-bond donors (Lipinski definition) is 2. The van der Waals surface area contributed by atoms with Gasteiger partial charge in [-0.1, -0.05) is 27.7 Å². The molecular weight excluding hydrogens is 228 g/mol. The Morgan fingerprint density at radius 2 is 1.75 bits per heavy atom. The summed E-state index contributed by atoms with van der Waals surface area (Å²) in [6, 6.07) is 0. The number of nitrogens with one attached hydrogen (secondary N) is 1. The average Bonchev–Trinajstić information content (AvgIpc) is 2.16. The molecule has 98 valence electrons. The lowest BCUT2D eigenvalue weighted by atomic mass is 9.93. The van der Waals surface area contributed by atoms with Gasteiger partial charge in [-0.2, -0.15) is 17.4 Å². The smallest absolute Gasteiger partial charge is 0.279 e. The normalized spacial score (nSPS) is 16.8. The molecule has 0 saturated carbocycles. The van der Waals surface area contributed by atoms with Crippen LogP contribution in [0.25, 0.3) is 0 Å². The third-order valence-corrected chi connectivity index (χ3v) is 4.61. The maximum absolute atomic E-state index is 11.8. The van der Waals surface area contributed by atoms with E-state index >= 15 is 0 Å². The minimum absolute atomic E-state index is 0.00750. The van der Waals surface area contributed by atoms with E-state index in [0.29, 0.717) is 13.1 Å². The van der Waals surface area contributed by atoms with Crippen LogP contribution in [-0.4, -0.2) is 43.1 Å². The summed E-state index contributed by atoms with van der Waals surface area (Å²) in [5, 5.41) is 9.94. The van der Waals surface area contributed by atoms with E-state index < -0.39 is 15.8 Å². The van der Waals surface area contributed by atoms with E-state index in [1.807, 2.05) is 13.8 Å². The third kappa shape index (κ3) is 4.37. The summed E-state index contributed by atoms with van der Waals surface area (Å²) in [5.74, 6) is -0.00750. The molecule has 0 bridgehead atoms. The Morgan fingerprint density at radius 1 is 1.31 bits per heavy atom. The van der Waals surface area contributed by atoms with Crippen LogP contribution in [0.4, 0.5) is 0 Å². The van der Waals surface area contributed by atoms with Crippen molar-refractivity contribution < 1.29 is 13.5 Å².